The smallest absolute Gasteiger partial charge is 0.339 e. The van der Waals surface area contributed by atoms with E-state index in [9.17, 15) is 14.4 Å². The first-order valence-electron chi connectivity index (χ1n) is 9.37. The number of aromatic nitrogens is 1. The van der Waals surface area contributed by atoms with Gasteiger partial charge in [0.2, 0.25) is 0 Å². The molecule has 0 aliphatic rings. The second-order valence-electron chi connectivity index (χ2n) is 6.49. The van der Waals surface area contributed by atoms with Crippen LogP contribution in [-0.2, 0) is 9.53 Å². The molecular formula is C23H17N3O4S. The van der Waals surface area contributed by atoms with Gasteiger partial charge in [0, 0.05) is 10.9 Å². The highest BCUT2D eigenvalue weighted by Gasteiger charge is 2.17. The van der Waals surface area contributed by atoms with Crippen molar-refractivity contribution in [1.29, 1.82) is 0 Å². The first-order chi connectivity index (χ1) is 15.1. The summed E-state index contributed by atoms with van der Waals surface area (Å²) < 4.78 is 5.18. The van der Waals surface area contributed by atoms with Crippen LogP contribution >= 0.6 is 11.3 Å². The van der Waals surface area contributed by atoms with Crippen molar-refractivity contribution in [3.05, 3.63) is 89.3 Å². The number of esters is 1. The Bertz CT molecular complexity index is 1240. The molecule has 0 bridgehead atoms. The van der Waals surface area contributed by atoms with Crippen LogP contribution in [0.25, 0.3) is 21.5 Å². The number of benzene rings is 2. The van der Waals surface area contributed by atoms with Crippen molar-refractivity contribution in [2.24, 2.45) is 0 Å². The second-order valence-corrected chi connectivity index (χ2v) is 7.44. The number of pyridine rings is 1. The number of ether oxygens (including phenoxy) is 1. The number of nitrogens with zero attached hydrogens (tertiary/aromatic N) is 1. The van der Waals surface area contributed by atoms with Crippen LogP contribution in [0.4, 0.5) is 0 Å². The van der Waals surface area contributed by atoms with Crippen molar-refractivity contribution >= 4 is 40.0 Å². The summed E-state index contributed by atoms with van der Waals surface area (Å²) in [6.07, 6.45) is 0. The van der Waals surface area contributed by atoms with Crippen LogP contribution in [0, 0.1) is 0 Å². The van der Waals surface area contributed by atoms with Crippen molar-refractivity contribution in [3.63, 3.8) is 0 Å². The van der Waals surface area contributed by atoms with Gasteiger partial charge in [0.25, 0.3) is 11.8 Å². The molecule has 0 aliphatic carbocycles. The molecule has 0 saturated carbocycles. The van der Waals surface area contributed by atoms with Gasteiger partial charge in [0.1, 0.15) is 0 Å². The van der Waals surface area contributed by atoms with Gasteiger partial charge in [-0.15, -0.1) is 11.3 Å². The number of thiophene rings is 1. The van der Waals surface area contributed by atoms with Gasteiger partial charge in [0.05, 0.1) is 21.7 Å². The maximum atomic E-state index is 12.7. The first kappa shape index (κ1) is 20.2. The minimum absolute atomic E-state index is 0.315. The summed E-state index contributed by atoms with van der Waals surface area (Å²) in [4.78, 5) is 42.2. The summed E-state index contributed by atoms with van der Waals surface area (Å²) in [5.74, 6) is -1.78. The Morgan fingerprint density at radius 3 is 2.45 bits per heavy atom. The molecule has 8 heteroatoms. The number of para-hydroxylation sites is 1. The highest BCUT2D eigenvalue weighted by atomic mass is 32.1. The van der Waals surface area contributed by atoms with E-state index in [1.165, 1.54) is 11.3 Å². The average molecular weight is 431 g/mol. The van der Waals surface area contributed by atoms with Crippen LogP contribution in [0.2, 0.25) is 0 Å². The average Bonchev–Trinajstić information content (AvgIpc) is 3.36. The van der Waals surface area contributed by atoms with Crippen LogP contribution in [0.3, 0.4) is 0 Å². The Morgan fingerprint density at radius 2 is 1.68 bits per heavy atom. The number of carbonyl (C=O) groups is 3. The zero-order valence-electron chi connectivity index (χ0n) is 16.2. The Balaban J connectivity index is 1.43. The van der Waals surface area contributed by atoms with Crippen molar-refractivity contribution < 1.29 is 19.1 Å². The van der Waals surface area contributed by atoms with Crippen molar-refractivity contribution in [3.8, 4) is 10.6 Å². The van der Waals surface area contributed by atoms with E-state index >= 15 is 0 Å². The van der Waals surface area contributed by atoms with E-state index in [4.69, 9.17) is 4.74 Å². The largest absolute Gasteiger partial charge is 0.452 e. The molecule has 4 rings (SSSR count). The van der Waals surface area contributed by atoms with E-state index in [-0.39, 0.29) is 0 Å². The number of hydrogen-bond acceptors (Lipinski definition) is 6. The number of hydrazine groups is 1. The summed E-state index contributed by atoms with van der Waals surface area (Å²) in [6.45, 7) is -0.543. The summed E-state index contributed by atoms with van der Waals surface area (Å²) in [5.41, 5.74) is 6.53. The summed E-state index contributed by atoms with van der Waals surface area (Å²) in [5, 5.41) is 2.56. The SMILES string of the molecule is O=C(COC(=O)c1cc(-c2cccs2)nc2ccccc12)NNC(=O)c1ccccc1. The fourth-order valence-corrected chi connectivity index (χ4v) is 3.61. The third kappa shape index (κ3) is 4.76. The molecule has 0 saturated heterocycles. The summed E-state index contributed by atoms with van der Waals surface area (Å²) >= 11 is 1.51. The second kappa shape index (κ2) is 9.19. The third-order valence-corrected chi connectivity index (χ3v) is 5.29. The lowest BCUT2D eigenvalue weighted by Gasteiger charge is -2.10. The molecule has 2 heterocycles. The molecule has 0 unspecified atom stereocenters. The Kier molecular flexibility index (Phi) is 6.00. The van der Waals surface area contributed by atoms with Gasteiger partial charge in [-0.1, -0.05) is 42.5 Å². The van der Waals surface area contributed by atoms with E-state index in [0.717, 1.165) is 4.88 Å². The van der Waals surface area contributed by atoms with Crippen LogP contribution in [0.5, 0.6) is 0 Å². The van der Waals surface area contributed by atoms with Gasteiger partial charge in [-0.2, -0.15) is 0 Å². The number of nitrogens with one attached hydrogen (secondary N) is 2. The molecule has 0 fully saturated rings. The highest BCUT2D eigenvalue weighted by Crippen LogP contribution is 2.28. The molecule has 154 valence electrons. The molecule has 7 nitrogen and oxygen atoms in total. The van der Waals surface area contributed by atoms with E-state index in [2.05, 4.69) is 15.8 Å². The number of rotatable bonds is 5. The van der Waals surface area contributed by atoms with Gasteiger partial charge in [-0.3, -0.25) is 20.4 Å². The standard InChI is InChI=1S/C23H17N3O4S/c27-21(25-26-22(28)15-7-2-1-3-8-15)14-30-23(29)17-13-19(20-11-6-12-31-20)24-18-10-5-4-9-16(17)18/h1-13H,14H2,(H,25,27)(H,26,28). The molecule has 2 amide bonds. The summed E-state index contributed by atoms with van der Waals surface area (Å²) in [6, 6.07) is 21.1. The predicted octanol–water partition coefficient (Wildman–Crippen LogP) is 3.58. The lowest BCUT2D eigenvalue weighted by molar-refractivity contribution is -0.125. The van der Waals surface area contributed by atoms with Crippen LogP contribution in [0.1, 0.15) is 20.7 Å². The molecule has 0 spiro atoms. The van der Waals surface area contributed by atoms with E-state index in [1.807, 2.05) is 29.6 Å². The fourth-order valence-electron chi connectivity index (χ4n) is 2.93. The highest BCUT2D eigenvalue weighted by molar-refractivity contribution is 7.13. The zero-order chi connectivity index (χ0) is 21.6. The molecule has 2 aromatic carbocycles. The van der Waals surface area contributed by atoms with E-state index in [0.29, 0.717) is 27.7 Å². The van der Waals surface area contributed by atoms with Crippen LogP contribution in [-0.4, -0.2) is 29.4 Å². The third-order valence-electron chi connectivity index (χ3n) is 4.40. The van der Waals surface area contributed by atoms with Crippen molar-refractivity contribution in [2.75, 3.05) is 6.61 Å². The molecule has 2 N–H and O–H groups in total. The maximum Gasteiger partial charge on any atom is 0.339 e. The molecule has 0 radical (unpaired) electrons. The monoisotopic (exact) mass is 431 g/mol. The zero-order valence-corrected chi connectivity index (χ0v) is 17.0. The summed E-state index contributed by atoms with van der Waals surface area (Å²) in [7, 11) is 0. The van der Waals surface area contributed by atoms with Crippen LogP contribution < -0.4 is 10.9 Å². The van der Waals surface area contributed by atoms with Gasteiger partial charge >= 0.3 is 5.97 Å². The van der Waals surface area contributed by atoms with Gasteiger partial charge in [-0.05, 0) is 35.7 Å². The Labute approximate surface area is 181 Å². The lowest BCUT2D eigenvalue weighted by atomic mass is 10.1. The van der Waals surface area contributed by atoms with Crippen LogP contribution in [0.15, 0.2) is 78.2 Å². The van der Waals surface area contributed by atoms with Gasteiger partial charge < -0.3 is 4.74 Å². The molecule has 4 aromatic rings. The quantitative estimate of drug-likeness (QED) is 0.372. The number of carbonyl (C=O) groups excluding carboxylic acids is 3. The lowest BCUT2D eigenvalue weighted by Crippen LogP contribution is -2.43. The van der Waals surface area contributed by atoms with Gasteiger partial charge in [0.15, 0.2) is 6.61 Å². The van der Waals surface area contributed by atoms with Gasteiger partial charge in [-0.25, -0.2) is 9.78 Å². The fraction of sp³-hybridized carbons (Fsp3) is 0.0435. The Hall–Kier alpha value is -4.04. The molecule has 0 aliphatic heterocycles. The molecule has 31 heavy (non-hydrogen) atoms. The topological polar surface area (TPSA) is 97.4 Å². The predicted molar refractivity (Wildman–Crippen MR) is 117 cm³/mol. The van der Waals surface area contributed by atoms with Crippen molar-refractivity contribution in [2.45, 2.75) is 0 Å². The first-order valence-corrected chi connectivity index (χ1v) is 10.2. The van der Waals surface area contributed by atoms with Crippen molar-refractivity contribution in [1.82, 2.24) is 15.8 Å². The number of fused-ring (bicyclic) bond motifs is 1. The van der Waals surface area contributed by atoms with E-state index < -0.39 is 24.4 Å². The number of amides is 2. The minimum Gasteiger partial charge on any atom is -0.452 e. The normalized spacial score (nSPS) is 10.5. The minimum atomic E-state index is -0.658. The molecule has 0 atom stereocenters. The van der Waals surface area contributed by atoms with E-state index in [1.54, 1.807) is 48.5 Å². The Morgan fingerprint density at radius 1 is 0.903 bits per heavy atom. The molecule has 2 aromatic heterocycles. The number of hydrogen-bond donors (Lipinski definition) is 2. The molecular weight excluding hydrogens is 414 g/mol. The maximum absolute atomic E-state index is 12.7.